The van der Waals surface area contributed by atoms with Gasteiger partial charge < -0.3 is 10.3 Å². The summed E-state index contributed by atoms with van der Waals surface area (Å²) in [4.78, 5) is 7.99. The van der Waals surface area contributed by atoms with E-state index in [9.17, 15) is 0 Å². The number of nitrogens with zero attached hydrogens (tertiary/aromatic N) is 3. The number of nitrogens with two attached hydrogens (primary N) is 1. The fourth-order valence-corrected chi connectivity index (χ4v) is 1.66. The summed E-state index contributed by atoms with van der Waals surface area (Å²) in [5, 5.41) is 1.07. The van der Waals surface area contributed by atoms with Crippen LogP contribution in [0.1, 0.15) is 5.56 Å². The highest BCUT2D eigenvalue weighted by molar-refractivity contribution is 6.28. The van der Waals surface area contributed by atoms with E-state index < -0.39 is 0 Å². The number of anilines is 1. The van der Waals surface area contributed by atoms with E-state index in [4.69, 9.17) is 17.3 Å². The lowest BCUT2D eigenvalue weighted by molar-refractivity contribution is 0.940. The molecule has 2 heterocycles. The first kappa shape index (κ1) is 8.31. The van der Waals surface area contributed by atoms with Gasteiger partial charge in [-0.25, -0.2) is 4.98 Å². The Labute approximate surface area is 80.3 Å². The van der Waals surface area contributed by atoms with E-state index >= 15 is 0 Å². The van der Waals surface area contributed by atoms with Crippen LogP contribution >= 0.6 is 11.6 Å². The minimum atomic E-state index is 0.186. The molecule has 68 valence electrons. The largest absolute Gasteiger partial charge is 0.383 e. The molecule has 2 aromatic rings. The zero-order chi connectivity index (χ0) is 9.59. The van der Waals surface area contributed by atoms with Crippen LogP contribution in [0, 0.1) is 6.92 Å². The van der Waals surface area contributed by atoms with Gasteiger partial charge in [-0.15, -0.1) is 0 Å². The van der Waals surface area contributed by atoms with Crippen molar-refractivity contribution < 1.29 is 0 Å². The zero-order valence-corrected chi connectivity index (χ0v) is 8.13. The third kappa shape index (κ3) is 1.14. The van der Waals surface area contributed by atoms with E-state index in [2.05, 4.69) is 9.97 Å². The first-order valence-corrected chi connectivity index (χ1v) is 4.22. The summed E-state index contributed by atoms with van der Waals surface area (Å²) in [6.45, 7) is 1.97. The highest BCUT2D eigenvalue weighted by Gasteiger charge is 2.09. The smallest absolute Gasteiger partial charge is 0.226 e. The molecular formula is C8H9ClN4. The molecule has 2 aromatic heterocycles. The van der Waals surface area contributed by atoms with E-state index in [0.717, 1.165) is 16.6 Å². The van der Waals surface area contributed by atoms with Crippen LogP contribution in [-0.4, -0.2) is 14.5 Å². The van der Waals surface area contributed by atoms with Crippen molar-refractivity contribution >= 4 is 28.5 Å². The fraction of sp³-hybridized carbons (Fsp3) is 0.250. The van der Waals surface area contributed by atoms with Gasteiger partial charge in [0.25, 0.3) is 0 Å². The maximum atomic E-state index is 5.72. The van der Waals surface area contributed by atoms with Crippen LogP contribution in [-0.2, 0) is 7.05 Å². The molecule has 0 saturated heterocycles. The molecule has 0 saturated carbocycles. The van der Waals surface area contributed by atoms with Crippen LogP contribution in [0.15, 0.2) is 6.20 Å². The molecular weight excluding hydrogens is 188 g/mol. The van der Waals surface area contributed by atoms with Crippen LogP contribution in [0.2, 0.25) is 5.28 Å². The summed E-state index contributed by atoms with van der Waals surface area (Å²) in [5.41, 5.74) is 7.56. The van der Waals surface area contributed by atoms with Gasteiger partial charge >= 0.3 is 0 Å². The monoisotopic (exact) mass is 196 g/mol. The summed E-state index contributed by atoms with van der Waals surface area (Å²) in [7, 11) is 1.90. The van der Waals surface area contributed by atoms with Gasteiger partial charge in [0.2, 0.25) is 5.28 Å². The molecule has 0 aromatic carbocycles. The normalized spacial score (nSPS) is 11.0. The third-order valence-corrected chi connectivity index (χ3v) is 2.18. The summed E-state index contributed by atoms with van der Waals surface area (Å²) in [5.74, 6) is 0.438. The van der Waals surface area contributed by atoms with Crippen molar-refractivity contribution in [2.24, 2.45) is 7.05 Å². The van der Waals surface area contributed by atoms with Crippen LogP contribution in [0.3, 0.4) is 0 Å². The Balaban J connectivity index is 2.97. The Morgan fingerprint density at radius 1 is 1.46 bits per heavy atom. The van der Waals surface area contributed by atoms with Crippen LogP contribution in [0.5, 0.6) is 0 Å². The Morgan fingerprint density at radius 2 is 2.15 bits per heavy atom. The Morgan fingerprint density at radius 3 is 2.85 bits per heavy atom. The number of aromatic nitrogens is 3. The second-order valence-electron chi connectivity index (χ2n) is 3.00. The molecule has 0 aliphatic heterocycles. The third-order valence-electron chi connectivity index (χ3n) is 2.01. The molecule has 0 radical (unpaired) electrons. The van der Waals surface area contributed by atoms with Crippen molar-refractivity contribution in [2.45, 2.75) is 6.92 Å². The quantitative estimate of drug-likeness (QED) is 0.650. The summed E-state index contributed by atoms with van der Waals surface area (Å²) >= 11 is 5.69. The highest BCUT2D eigenvalue weighted by Crippen LogP contribution is 2.23. The molecule has 0 bridgehead atoms. The van der Waals surface area contributed by atoms with E-state index in [-0.39, 0.29) is 5.28 Å². The van der Waals surface area contributed by atoms with Crippen molar-refractivity contribution in [2.75, 3.05) is 5.73 Å². The maximum absolute atomic E-state index is 5.72. The molecule has 2 N–H and O–H groups in total. The average molecular weight is 197 g/mol. The Hall–Kier alpha value is -1.29. The van der Waals surface area contributed by atoms with E-state index in [1.807, 2.05) is 24.7 Å². The second kappa shape index (κ2) is 2.60. The van der Waals surface area contributed by atoms with Gasteiger partial charge in [-0.05, 0) is 24.1 Å². The van der Waals surface area contributed by atoms with Gasteiger partial charge in [-0.1, -0.05) is 0 Å². The molecule has 0 atom stereocenters. The first-order valence-electron chi connectivity index (χ1n) is 3.84. The SMILES string of the molecule is Cc1cn(C)c2nc(Cl)nc(N)c12. The van der Waals surface area contributed by atoms with E-state index in [1.165, 1.54) is 0 Å². The Bertz CT molecular complexity index is 474. The molecule has 0 aliphatic carbocycles. The molecule has 2 rings (SSSR count). The van der Waals surface area contributed by atoms with Crippen LogP contribution in [0.25, 0.3) is 11.0 Å². The van der Waals surface area contributed by atoms with Gasteiger partial charge in [0, 0.05) is 13.2 Å². The molecule has 4 nitrogen and oxygen atoms in total. The summed E-state index contributed by atoms with van der Waals surface area (Å²) in [6.07, 6.45) is 1.95. The summed E-state index contributed by atoms with van der Waals surface area (Å²) in [6, 6.07) is 0. The molecule has 0 spiro atoms. The number of rotatable bonds is 0. The zero-order valence-electron chi connectivity index (χ0n) is 7.37. The minimum Gasteiger partial charge on any atom is -0.383 e. The van der Waals surface area contributed by atoms with E-state index in [0.29, 0.717) is 5.82 Å². The highest BCUT2D eigenvalue weighted by atomic mass is 35.5. The minimum absolute atomic E-state index is 0.186. The van der Waals surface area contributed by atoms with E-state index in [1.54, 1.807) is 0 Å². The summed E-state index contributed by atoms with van der Waals surface area (Å²) < 4.78 is 1.88. The molecule has 0 aliphatic rings. The van der Waals surface area contributed by atoms with Crippen molar-refractivity contribution in [3.05, 3.63) is 17.0 Å². The lowest BCUT2D eigenvalue weighted by atomic mass is 10.2. The molecule has 0 fully saturated rings. The average Bonchev–Trinajstić information content (AvgIpc) is 2.27. The number of fused-ring (bicyclic) bond motifs is 1. The van der Waals surface area contributed by atoms with Gasteiger partial charge in [0.15, 0.2) is 0 Å². The van der Waals surface area contributed by atoms with Crippen LogP contribution in [0.4, 0.5) is 5.82 Å². The predicted molar refractivity (Wildman–Crippen MR) is 52.7 cm³/mol. The lowest BCUT2D eigenvalue weighted by Crippen LogP contribution is -1.96. The second-order valence-corrected chi connectivity index (χ2v) is 3.34. The number of aryl methyl sites for hydroxylation is 2. The van der Waals surface area contributed by atoms with Crippen molar-refractivity contribution in [3.63, 3.8) is 0 Å². The van der Waals surface area contributed by atoms with Gasteiger partial charge in [-0.2, -0.15) is 4.98 Å². The van der Waals surface area contributed by atoms with Crippen molar-refractivity contribution in [1.29, 1.82) is 0 Å². The van der Waals surface area contributed by atoms with Gasteiger partial charge in [-0.3, -0.25) is 0 Å². The standard InChI is InChI=1S/C8H9ClN4/c1-4-3-13(2)7-5(4)6(10)11-8(9)12-7/h3H,1-2H3,(H2,10,11,12). The van der Waals surface area contributed by atoms with Crippen molar-refractivity contribution in [1.82, 2.24) is 14.5 Å². The van der Waals surface area contributed by atoms with Crippen molar-refractivity contribution in [3.8, 4) is 0 Å². The molecule has 13 heavy (non-hydrogen) atoms. The predicted octanol–water partition coefficient (Wildman–Crippen LogP) is 1.51. The number of hydrogen-bond donors (Lipinski definition) is 1. The lowest BCUT2D eigenvalue weighted by Gasteiger charge is -1.98. The number of hydrogen-bond acceptors (Lipinski definition) is 3. The number of nitrogen functional groups attached to an aromatic ring is 1. The topological polar surface area (TPSA) is 56.7 Å². The van der Waals surface area contributed by atoms with Crippen LogP contribution < -0.4 is 5.73 Å². The van der Waals surface area contributed by atoms with Gasteiger partial charge in [0.1, 0.15) is 11.5 Å². The molecule has 5 heteroatoms. The molecule has 0 unspecified atom stereocenters. The maximum Gasteiger partial charge on any atom is 0.226 e. The van der Waals surface area contributed by atoms with Gasteiger partial charge in [0.05, 0.1) is 5.39 Å². The fourth-order valence-electron chi connectivity index (χ4n) is 1.49. The molecule has 0 amide bonds. The first-order chi connectivity index (χ1) is 6.09. The Kier molecular flexibility index (Phi) is 1.66. The number of halogens is 1.